The summed E-state index contributed by atoms with van der Waals surface area (Å²) in [7, 11) is 0. The lowest BCUT2D eigenvalue weighted by Gasteiger charge is -2.13. The Morgan fingerprint density at radius 2 is 1.77 bits per heavy atom. The quantitative estimate of drug-likeness (QED) is 0.623. The summed E-state index contributed by atoms with van der Waals surface area (Å²) in [6.45, 7) is -0.149. The molecule has 0 saturated carbocycles. The van der Waals surface area contributed by atoms with E-state index in [9.17, 15) is 17.6 Å². The maximum atomic E-state index is 13.5. The zero-order valence-electron chi connectivity index (χ0n) is 11.2. The number of fused-ring (bicyclic) bond motifs is 1. The summed E-state index contributed by atoms with van der Waals surface area (Å²) >= 11 is 0. The van der Waals surface area contributed by atoms with Gasteiger partial charge in [0.15, 0.2) is 11.4 Å². The Labute approximate surface area is 122 Å². The highest BCUT2D eigenvalue weighted by molar-refractivity contribution is 5.81. The molecule has 6 heteroatoms. The molecule has 0 atom stereocenters. The minimum absolute atomic E-state index is 0.0604. The van der Waals surface area contributed by atoms with Crippen molar-refractivity contribution in [2.24, 2.45) is 0 Å². The van der Waals surface area contributed by atoms with Crippen molar-refractivity contribution < 1.29 is 26.7 Å². The maximum Gasteiger partial charge on any atom is 0.419 e. The standard InChI is InChI=1S/C16H10F4O2/c17-13-6-3-4-11-10(9-22-15(11)13)8-21-14-7-2-1-5-12(14)16(18,19)20/h1-7,9H,8H2. The second kappa shape index (κ2) is 5.36. The lowest BCUT2D eigenvalue weighted by atomic mass is 10.1. The second-order valence-electron chi connectivity index (χ2n) is 4.66. The molecule has 3 rings (SSSR count). The van der Waals surface area contributed by atoms with E-state index in [1.54, 1.807) is 6.07 Å². The zero-order valence-corrected chi connectivity index (χ0v) is 11.2. The molecular weight excluding hydrogens is 300 g/mol. The van der Waals surface area contributed by atoms with E-state index in [4.69, 9.17) is 9.15 Å². The van der Waals surface area contributed by atoms with Crippen LogP contribution in [-0.4, -0.2) is 0 Å². The minimum atomic E-state index is -4.50. The molecule has 0 aliphatic carbocycles. The molecule has 22 heavy (non-hydrogen) atoms. The van der Waals surface area contributed by atoms with Gasteiger partial charge in [0.2, 0.25) is 0 Å². The molecule has 2 nitrogen and oxygen atoms in total. The van der Waals surface area contributed by atoms with Crippen LogP contribution in [0, 0.1) is 5.82 Å². The lowest BCUT2D eigenvalue weighted by molar-refractivity contribution is -0.139. The summed E-state index contributed by atoms with van der Waals surface area (Å²) in [5.74, 6) is -0.805. The van der Waals surface area contributed by atoms with Crippen molar-refractivity contribution in [3.05, 3.63) is 65.7 Å². The van der Waals surface area contributed by atoms with Crippen LogP contribution in [0.2, 0.25) is 0 Å². The summed E-state index contributed by atoms with van der Waals surface area (Å²) in [5, 5.41) is 0.476. The monoisotopic (exact) mass is 310 g/mol. The van der Waals surface area contributed by atoms with Crippen molar-refractivity contribution in [3.8, 4) is 5.75 Å². The van der Waals surface area contributed by atoms with Crippen molar-refractivity contribution in [1.82, 2.24) is 0 Å². The van der Waals surface area contributed by atoms with Gasteiger partial charge in [-0.3, -0.25) is 0 Å². The van der Waals surface area contributed by atoms with Gasteiger partial charge in [0.1, 0.15) is 12.4 Å². The first-order valence-corrected chi connectivity index (χ1v) is 6.40. The maximum absolute atomic E-state index is 13.5. The van der Waals surface area contributed by atoms with Gasteiger partial charge in [-0.25, -0.2) is 4.39 Å². The Morgan fingerprint density at radius 3 is 2.55 bits per heavy atom. The molecule has 114 valence electrons. The van der Waals surface area contributed by atoms with Crippen LogP contribution in [-0.2, 0) is 12.8 Å². The Morgan fingerprint density at radius 1 is 1.00 bits per heavy atom. The van der Waals surface area contributed by atoms with Crippen LogP contribution in [0.3, 0.4) is 0 Å². The molecule has 0 bridgehead atoms. The lowest BCUT2D eigenvalue weighted by Crippen LogP contribution is -2.08. The molecule has 0 aliphatic heterocycles. The van der Waals surface area contributed by atoms with E-state index < -0.39 is 17.6 Å². The smallest absolute Gasteiger partial charge is 0.419 e. The van der Waals surface area contributed by atoms with Crippen LogP contribution < -0.4 is 4.74 Å². The van der Waals surface area contributed by atoms with Gasteiger partial charge in [0, 0.05) is 10.9 Å². The first-order valence-electron chi connectivity index (χ1n) is 6.40. The van der Waals surface area contributed by atoms with Crippen LogP contribution in [0.4, 0.5) is 17.6 Å². The van der Waals surface area contributed by atoms with Crippen LogP contribution in [0.25, 0.3) is 11.0 Å². The third-order valence-electron chi connectivity index (χ3n) is 3.21. The summed E-state index contributed by atoms with van der Waals surface area (Å²) in [5.41, 5.74) is -0.314. The van der Waals surface area contributed by atoms with Crippen LogP contribution in [0.15, 0.2) is 53.1 Å². The molecule has 0 aliphatic rings. The predicted octanol–water partition coefficient (Wildman–Crippen LogP) is 5.17. The van der Waals surface area contributed by atoms with Gasteiger partial charge in [-0.1, -0.05) is 24.3 Å². The SMILES string of the molecule is Fc1cccc2c(COc3ccccc3C(F)(F)F)coc12. The molecule has 3 aromatic rings. The number of hydrogen-bond donors (Lipinski definition) is 0. The molecule has 0 fully saturated rings. The third-order valence-corrected chi connectivity index (χ3v) is 3.21. The van der Waals surface area contributed by atoms with Crippen molar-refractivity contribution in [3.63, 3.8) is 0 Å². The molecule has 0 saturated heterocycles. The summed E-state index contributed by atoms with van der Waals surface area (Å²) in [4.78, 5) is 0. The zero-order chi connectivity index (χ0) is 15.7. The first kappa shape index (κ1) is 14.4. The number of halogens is 4. The fourth-order valence-corrected chi connectivity index (χ4v) is 2.17. The number of para-hydroxylation sites is 2. The summed E-state index contributed by atoms with van der Waals surface area (Å²) in [6.07, 6.45) is -3.22. The first-order chi connectivity index (χ1) is 10.5. The van der Waals surface area contributed by atoms with E-state index in [1.807, 2.05) is 0 Å². The second-order valence-corrected chi connectivity index (χ2v) is 4.66. The predicted molar refractivity (Wildman–Crippen MR) is 71.9 cm³/mol. The van der Waals surface area contributed by atoms with Crippen molar-refractivity contribution >= 4 is 11.0 Å². The number of rotatable bonds is 3. The molecule has 0 radical (unpaired) electrons. The van der Waals surface area contributed by atoms with Crippen molar-refractivity contribution in [2.75, 3.05) is 0 Å². The van der Waals surface area contributed by atoms with Gasteiger partial charge in [0.25, 0.3) is 0 Å². The molecule has 1 heterocycles. The molecule has 0 unspecified atom stereocenters. The number of ether oxygens (including phenoxy) is 1. The molecular formula is C16H10F4O2. The highest BCUT2D eigenvalue weighted by atomic mass is 19.4. The van der Waals surface area contributed by atoms with Gasteiger partial charge in [-0.2, -0.15) is 13.2 Å². The fourth-order valence-electron chi connectivity index (χ4n) is 2.17. The van der Waals surface area contributed by atoms with Crippen LogP contribution in [0.5, 0.6) is 5.75 Å². The number of hydrogen-bond acceptors (Lipinski definition) is 2. The fraction of sp³-hybridized carbons (Fsp3) is 0.125. The Hall–Kier alpha value is -2.50. The average molecular weight is 310 g/mol. The Balaban J connectivity index is 1.88. The van der Waals surface area contributed by atoms with E-state index in [0.29, 0.717) is 10.9 Å². The van der Waals surface area contributed by atoms with Crippen LogP contribution >= 0.6 is 0 Å². The summed E-state index contributed by atoms with van der Waals surface area (Å²) in [6, 6.07) is 9.30. The molecule has 1 aromatic heterocycles. The number of furan rings is 1. The van der Waals surface area contributed by atoms with Gasteiger partial charge in [-0.15, -0.1) is 0 Å². The van der Waals surface area contributed by atoms with Gasteiger partial charge in [0.05, 0.1) is 11.8 Å². The highest BCUT2D eigenvalue weighted by Gasteiger charge is 2.34. The number of benzene rings is 2. The number of alkyl halides is 3. The van der Waals surface area contributed by atoms with Gasteiger partial charge in [-0.05, 0) is 18.2 Å². The van der Waals surface area contributed by atoms with Gasteiger partial charge < -0.3 is 9.15 Å². The largest absolute Gasteiger partial charge is 0.488 e. The van der Waals surface area contributed by atoms with E-state index in [-0.39, 0.29) is 17.9 Å². The minimum Gasteiger partial charge on any atom is -0.488 e. The van der Waals surface area contributed by atoms with Gasteiger partial charge >= 0.3 is 6.18 Å². The average Bonchev–Trinajstić information content (AvgIpc) is 2.89. The summed E-state index contributed by atoms with van der Waals surface area (Å²) < 4.78 is 62.5. The van der Waals surface area contributed by atoms with Crippen molar-refractivity contribution in [1.29, 1.82) is 0 Å². The molecule has 0 N–H and O–H groups in total. The van der Waals surface area contributed by atoms with Crippen molar-refractivity contribution in [2.45, 2.75) is 12.8 Å². The third kappa shape index (κ3) is 2.64. The van der Waals surface area contributed by atoms with E-state index in [0.717, 1.165) is 6.07 Å². The molecule has 0 amide bonds. The Kier molecular flexibility index (Phi) is 3.52. The molecule has 2 aromatic carbocycles. The van der Waals surface area contributed by atoms with E-state index in [1.165, 1.54) is 36.6 Å². The topological polar surface area (TPSA) is 22.4 Å². The van der Waals surface area contributed by atoms with E-state index in [2.05, 4.69) is 0 Å². The highest BCUT2D eigenvalue weighted by Crippen LogP contribution is 2.36. The Bertz CT molecular complexity index is 805. The van der Waals surface area contributed by atoms with Crippen LogP contribution in [0.1, 0.15) is 11.1 Å². The normalized spacial score (nSPS) is 11.8. The molecule has 0 spiro atoms. The van der Waals surface area contributed by atoms with E-state index >= 15 is 0 Å².